The molecule has 0 spiro atoms. The fraction of sp³-hybridized carbons (Fsp3) is 0.200. The van der Waals surface area contributed by atoms with Gasteiger partial charge in [-0.3, -0.25) is 0 Å². The van der Waals surface area contributed by atoms with Gasteiger partial charge >= 0.3 is 0 Å². The number of nitrogens with two attached hydrogens (primary N) is 1. The molecule has 5 heteroatoms. The van der Waals surface area contributed by atoms with Crippen molar-refractivity contribution in [1.82, 2.24) is 4.90 Å². The molecule has 2 rings (SSSR count). The van der Waals surface area contributed by atoms with Gasteiger partial charge in [0.15, 0.2) is 0 Å². The van der Waals surface area contributed by atoms with Crippen molar-refractivity contribution in [3.8, 4) is 5.75 Å². The monoisotopic (exact) mass is 352 g/mol. The van der Waals surface area contributed by atoms with Crippen molar-refractivity contribution in [2.45, 2.75) is 16.3 Å². The van der Waals surface area contributed by atoms with Gasteiger partial charge < -0.3 is 15.7 Å². The summed E-state index contributed by atoms with van der Waals surface area (Å²) in [7, 11) is 4.01. The number of rotatable bonds is 4. The number of phenols is 1. The molecule has 0 fully saturated rings. The van der Waals surface area contributed by atoms with Crippen LogP contribution < -0.4 is 5.73 Å². The van der Waals surface area contributed by atoms with Crippen LogP contribution in [0.15, 0.2) is 50.7 Å². The van der Waals surface area contributed by atoms with Crippen LogP contribution in [0.5, 0.6) is 5.75 Å². The van der Waals surface area contributed by atoms with Gasteiger partial charge in [-0.15, -0.1) is 0 Å². The van der Waals surface area contributed by atoms with Crippen molar-refractivity contribution in [1.29, 1.82) is 0 Å². The molecular formula is C15H17BrN2OS. The number of benzene rings is 2. The van der Waals surface area contributed by atoms with Crippen LogP contribution in [0.2, 0.25) is 0 Å². The summed E-state index contributed by atoms with van der Waals surface area (Å²) in [4.78, 5) is 4.19. The highest BCUT2D eigenvalue weighted by Crippen LogP contribution is 2.36. The van der Waals surface area contributed by atoms with Crippen LogP contribution >= 0.6 is 27.7 Å². The number of hydrogen-bond acceptors (Lipinski definition) is 4. The van der Waals surface area contributed by atoms with E-state index in [1.54, 1.807) is 23.9 Å². The molecule has 0 aliphatic heterocycles. The lowest BCUT2D eigenvalue weighted by atomic mass is 10.2. The van der Waals surface area contributed by atoms with E-state index in [2.05, 4.69) is 20.8 Å². The van der Waals surface area contributed by atoms with Crippen LogP contribution in [0.4, 0.5) is 5.69 Å². The largest absolute Gasteiger partial charge is 0.508 e. The van der Waals surface area contributed by atoms with E-state index < -0.39 is 0 Å². The molecule has 3 N–H and O–H groups in total. The maximum absolute atomic E-state index is 9.65. The second-order valence-electron chi connectivity index (χ2n) is 4.81. The molecule has 0 amide bonds. The van der Waals surface area contributed by atoms with Gasteiger partial charge in [0.05, 0.1) is 0 Å². The highest BCUT2D eigenvalue weighted by Gasteiger charge is 2.09. The predicted molar refractivity (Wildman–Crippen MR) is 88.2 cm³/mol. The summed E-state index contributed by atoms with van der Waals surface area (Å²) in [6.07, 6.45) is 0. The number of nitrogens with zero attached hydrogens (tertiary/aromatic N) is 1. The molecule has 2 aromatic carbocycles. The van der Waals surface area contributed by atoms with E-state index in [1.807, 2.05) is 38.4 Å². The van der Waals surface area contributed by atoms with Crippen molar-refractivity contribution in [3.63, 3.8) is 0 Å². The lowest BCUT2D eigenvalue weighted by molar-refractivity contribution is 0.397. The standard InChI is InChI=1S/C15H17BrN2OS/c1-18(2)9-10-7-12(19)4-6-14(10)20-15-5-3-11(16)8-13(15)17/h3-8,19H,9,17H2,1-2H3. The Kier molecular flexibility index (Phi) is 4.96. The quantitative estimate of drug-likeness (QED) is 0.818. The smallest absolute Gasteiger partial charge is 0.115 e. The molecular weight excluding hydrogens is 336 g/mol. The molecule has 0 bridgehead atoms. The van der Waals surface area contributed by atoms with Crippen molar-refractivity contribution in [2.75, 3.05) is 19.8 Å². The zero-order chi connectivity index (χ0) is 14.7. The van der Waals surface area contributed by atoms with E-state index in [-0.39, 0.29) is 5.75 Å². The number of nitrogen functional groups attached to an aromatic ring is 1. The third-order valence-electron chi connectivity index (χ3n) is 2.72. The molecule has 0 aliphatic carbocycles. The molecule has 0 saturated carbocycles. The Balaban J connectivity index is 2.32. The third kappa shape index (κ3) is 3.91. The van der Waals surface area contributed by atoms with Crippen LogP contribution in [0.3, 0.4) is 0 Å². The number of hydrogen-bond donors (Lipinski definition) is 2. The van der Waals surface area contributed by atoms with Crippen molar-refractivity contribution >= 4 is 33.4 Å². The number of phenolic OH excluding ortho intramolecular Hbond substituents is 1. The summed E-state index contributed by atoms with van der Waals surface area (Å²) < 4.78 is 0.971. The number of anilines is 1. The molecule has 0 atom stereocenters. The molecule has 0 aromatic heterocycles. The van der Waals surface area contributed by atoms with Gasteiger partial charge in [0.2, 0.25) is 0 Å². The van der Waals surface area contributed by atoms with Gasteiger partial charge in [0, 0.05) is 26.5 Å². The van der Waals surface area contributed by atoms with E-state index in [0.29, 0.717) is 0 Å². The molecule has 20 heavy (non-hydrogen) atoms. The maximum atomic E-state index is 9.65. The second-order valence-corrected chi connectivity index (χ2v) is 6.81. The van der Waals surface area contributed by atoms with Crippen LogP contribution in [-0.4, -0.2) is 24.1 Å². The topological polar surface area (TPSA) is 49.5 Å². The zero-order valence-electron chi connectivity index (χ0n) is 11.4. The number of aromatic hydroxyl groups is 1. The summed E-state index contributed by atoms with van der Waals surface area (Å²) in [6, 6.07) is 11.3. The molecule has 0 saturated heterocycles. The summed E-state index contributed by atoms with van der Waals surface area (Å²) in [5.41, 5.74) is 7.87. The lowest BCUT2D eigenvalue weighted by Gasteiger charge is -2.15. The molecule has 2 aromatic rings. The molecule has 106 valence electrons. The molecule has 0 unspecified atom stereocenters. The van der Waals surface area contributed by atoms with Gasteiger partial charge in [0.25, 0.3) is 0 Å². The van der Waals surface area contributed by atoms with Crippen LogP contribution in [0.1, 0.15) is 5.56 Å². The Morgan fingerprint density at radius 1 is 1.15 bits per heavy atom. The maximum Gasteiger partial charge on any atom is 0.115 e. The number of halogens is 1. The molecule has 0 radical (unpaired) electrons. The van der Waals surface area contributed by atoms with Crippen molar-refractivity contribution in [3.05, 3.63) is 46.4 Å². The average molecular weight is 353 g/mol. The summed E-state index contributed by atoms with van der Waals surface area (Å²) in [6.45, 7) is 0.771. The predicted octanol–water partition coefficient (Wildman–Crippen LogP) is 3.95. The Bertz CT molecular complexity index is 617. The second kappa shape index (κ2) is 6.52. The fourth-order valence-corrected chi connectivity index (χ4v) is 3.18. The van der Waals surface area contributed by atoms with E-state index in [9.17, 15) is 5.11 Å². The first kappa shape index (κ1) is 15.2. The van der Waals surface area contributed by atoms with E-state index >= 15 is 0 Å². The molecule has 3 nitrogen and oxygen atoms in total. The van der Waals surface area contributed by atoms with Crippen LogP contribution in [0.25, 0.3) is 0 Å². The van der Waals surface area contributed by atoms with Gasteiger partial charge in [-0.05, 0) is 56.1 Å². The first-order valence-corrected chi connectivity index (χ1v) is 7.76. The molecule has 0 aliphatic rings. The van der Waals surface area contributed by atoms with Crippen molar-refractivity contribution in [2.24, 2.45) is 0 Å². The highest BCUT2D eigenvalue weighted by atomic mass is 79.9. The van der Waals surface area contributed by atoms with Crippen molar-refractivity contribution < 1.29 is 5.11 Å². The van der Waals surface area contributed by atoms with Gasteiger partial charge in [-0.1, -0.05) is 27.7 Å². The summed E-state index contributed by atoms with van der Waals surface area (Å²) in [5.74, 6) is 0.287. The van der Waals surface area contributed by atoms with Gasteiger partial charge in [-0.25, -0.2) is 0 Å². The third-order valence-corrected chi connectivity index (χ3v) is 4.43. The Morgan fingerprint density at radius 2 is 1.85 bits per heavy atom. The Morgan fingerprint density at radius 3 is 2.50 bits per heavy atom. The molecule has 0 heterocycles. The Labute approximate surface area is 131 Å². The zero-order valence-corrected chi connectivity index (χ0v) is 13.8. The summed E-state index contributed by atoms with van der Waals surface area (Å²) in [5, 5.41) is 9.65. The minimum atomic E-state index is 0.287. The van der Waals surface area contributed by atoms with Gasteiger partial charge in [0.1, 0.15) is 5.75 Å². The SMILES string of the molecule is CN(C)Cc1cc(O)ccc1Sc1ccc(Br)cc1N. The van der Waals surface area contributed by atoms with E-state index in [0.717, 1.165) is 32.1 Å². The fourth-order valence-electron chi connectivity index (χ4n) is 1.86. The van der Waals surface area contributed by atoms with E-state index in [1.165, 1.54) is 0 Å². The van der Waals surface area contributed by atoms with Crippen LogP contribution in [0, 0.1) is 0 Å². The summed E-state index contributed by atoms with van der Waals surface area (Å²) >= 11 is 5.03. The lowest BCUT2D eigenvalue weighted by Crippen LogP contribution is -2.11. The Hall–Kier alpha value is -1.17. The highest BCUT2D eigenvalue weighted by molar-refractivity contribution is 9.10. The first-order chi connectivity index (χ1) is 9.45. The average Bonchev–Trinajstić information content (AvgIpc) is 2.34. The van der Waals surface area contributed by atoms with E-state index in [4.69, 9.17) is 5.73 Å². The van der Waals surface area contributed by atoms with Crippen LogP contribution in [-0.2, 0) is 6.54 Å². The first-order valence-electron chi connectivity index (χ1n) is 6.15. The minimum Gasteiger partial charge on any atom is -0.508 e. The minimum absolute atomic E-state index is 0.287. The normalized spacial score (nSPS) is 11.0. The van der Waals surface area contributed by atoms with Gasteiger partial charge in [-0.2, -0.15) is 0 Å².